The van der Waals surface area contributed by atoms with Crippen molar-refractivity contribution >= 4 is 17.2 Å². The van der Waals surface area contributed by atoms with Gasteiger partial charge in [-0.25, -0.2) is 0 Å². The molecule has 1 rings (SSSR count). The normalized spacial score (nSPS) is 10.4. The number of carbonyl (C=O) groups is 1. The minimum Gasteiger partial charge on any atom is -0.350 e. The van der Waals surface area contributed by atoms with Crippen molar-refractivity contribution in [3.8, 4) is 0 Å². The van der Waals surface area contributed by atoms with Crippen molar-refractivity contribution in [1.29, 1.82) is 0 Å². The molecule has 0 aliphatic heterocycles. The lowest BCUT2D eigenvalue weighted by Gasteiger charge is -2.09. The summed E-state index contributed by atoms with van der Waals surface area (Å²) in [5.41, 5.74) is 0. The van der Waals surface area contributed by atoms with Crippen molar-refractivity contribution in [3.63, 3.8) is 0 Å². The molecule has 0 aliphatic rings. The molecule has 0 aliphatic carbocycles. The van der Waals surface area contributed by atoms with Crippen LogP contribution in [0.15, 0.2) is 17.5 Å². The zero-order valence-corrected chi connectivity index (χ0v) is 8.73. The van der Waals surface area contributed by atoms with Gasteiger partial charge in [-0.05, 0) is 25.5 Å². The fourth-order valence-electron chi connectivity index (χ4n) is 0.888. The Kier molecular flexibility index (Phi) is 3.92. The number of carbonyl (C=O) groups excluding carboxylic acids is 1. The molecule has 1 amide bonds. The van der Waals surface area contributed by atoms with Gasteiger partial charge in [0, 0.05) is 13.1 Å². The number of amides is 1. The second-order valence-electron chi connectivity index (χ2n) is 3.04. The quantitative estimate of drug-likeness (QED) is 0.784. The second kappa shape index (κ2) is 4.99. The van der Waals surface area contributed by atoms with E-state index in [1.807, 2.05) is 36.5 Å². The summed E-state index contributed by atoms with van der Waals surface area (Å²) in [5.74, 6) is 0.0249. The van der Waals surface area contributed by atoms with Gasteiger partial charge in [0.2, 0.25) is 0 Å². The molecule has 0 fully saturated rings. The van der Waals surface area contributed by atoms with Gasteiger partial charge in [0.05, 0.1) is 4.88 Å². The van der Waals surface area contributed by atoms with Crippen LogP contribution in [0.25, 0.3) is 0 Å². The number of hydrogen-bond donors (Lipinski definition) is 1. The number of thiophene rings is 1. The van der Waals surface area contributed by atoms with Gasteiger partial charge in [-0.2, -0.15) is 0 Å². The minimum absolute atomic E-state index is 0.0249. The van der Waals surface area contributed by atoms with Gasteiger partial charge in [-0.15, -0.1) is 11.3 Å². The summed E-state index contributed by atoms with van der Waals surface area (Å²) in [6.07, 6.45) is 0. The molecule has 3 nitrogen and oxygen atoms in total. The third kappa shape index (κ3) is 3.57. The first-order valence-corrected chi connectivity index (χ1v) is 5.04. The highest BCUT2D eigenvalue weighted by Gasteiger charge is 2.04. The third-order valence-corrected chi connectivity index (χ3v) is 2.46. The molecular formula is C9H14N2OS. The summed E-state index contributed by atoms with van der Waals surface area (Å²) in [6, 6.07) is 3.71. The van der Waals surface area contributed by atoms with Gasteiger partial charge in [-0.3, -0.25) is 4.79 Å². The molecule has 1 heterocycles. The number of nitrogens with one attached hydrogen (secondary N) is 1. The summed E-state index contributed by atoms with van der Waals surface area (Å²) in [4.78, 5) is 14.2. The van der Waals surface area contributed by atoms with Gasteiger partial charge in [0.15, 0.2) is 0 Å². The van der Waals surface area contributed by atoms with Crippen molar-refractivity contribution < 1.29 is 4.79 Å². The Hall–Kier alpha value is -0.870. The van der Waals surface area contributed by atoms with Crippen LogP contribution in [0, 0.1) is 0 Å². The number of nitrogens with zero attached hydrogens (tertiary/aromatic N) is 1. The first-order chi connectivity index (χ1) is 6.20. The maximum Gasteiger partial charge on any atom is 0.261 e. The lowest BCUT2D eigenvalue weighted by atomic mass is 10.4. The van der Waals surface area contributed by atoms with Crippen LogP contribution in [0.4, 0.5) is 0 Å². The fourth-order valence-corrected chi connectivity index (χ4v) is 1.53. The lowest BCUT2D eigenvalue weighted by Crippen LogP contribution is -2.30. The van der Waals surface area contributed by atoms with E-state index in [1.54, 1.807) is 0 Å². The lowest BCUT2D eigenvalue weighted by molar-refractivity contribution is 0.0955. The maximum absolute atomic E-state index is 11.4. The molecule has 1 aromatic heterocycles. The van der Waals surface area contributed by atoms with E-state index in [1.165, 1.54) is 11.3 Å². The Morgan fingerprint density at radius 3 is 2.92 bits per heavy atom. The van der Waals surface area contributed by atoms with Gasteiger partial charge in [-0.1, -0.05) is 6.07 Å². The van der Waals surface area contributed by atoms with Crippen molar-refractivity contribution in [3.05, 3.63) is 22.4 Å². The molecule has 0 saturated carbocycles. The smallest absolute Gasteiger partial charge is 0.261 e. The monoisotopic (exact) mass is 198 g/mol. The number of rotatable bonds is 4. The minimum atomic E-state index is 0.0249. The molecule has 1 N–H and O–H groups in total. The SMILES string of the molecule is CN(C)CCNC(=O)c1cccs1. The van der Waals surface area contributed by atoms with Gasteiger partial charge >= 0.3 is 0 Å². The van der Waals surface area contributed by atoms with E-state index < -0.39 is 0 Å². The summed E-state index contributed by atoms with van der Waals surface area (Å²) in [7, 11) is 3.97. The summed E-state index contributed by atoms with van der Waals surface area (Å²) in [6.45, 7) is 1.57. The molecule has 0 unspecified atom stereocenters. The number of hydrogen-bond acceptors (Lipinski definition) is 3. The van der Waals surface area contributed by atoms with Crippen molar-refractivity contribution in [2.24, 2.45) is 0 Å². The summed E-state index contributed by atoms with van der Waals surface area (Å²) in [5, 5.41) is 4.75. The van der Waals surface area contributed by atoms with Crippen LogP contribution >= 0.6 is 11.3 Å². The van der Waals surface area contributed by atoms with E-state index >= 15 is 0 Å². The third-order valence-electron chi connectivity index (χ3n) is 1.59. The first kappa shape index (κ1) is 10.2. The van der Waals surface area contributed by atoms with E-state index in [4.69, 9.17) is 0 Å². The summed E-state index contributed by atoms with van der Waals surface area (Å²) >= 11 is 1.46. The van der Waals surface area contributed by atoms with Gasteiger partial charge in [0.1, 0.15) is 0 Å². The van der Waals surface area contributed by atoms with Crippen molar-refractivity contribution in [2.75, 3.05) is 27.2 Å². The highest BCUT2D eigenvalue weighted by atomic mass is 32.1. The Morgan fingerprint density at radius 1 is 1.62 bits per heavy atom. The highest BCUT2D eigenvalue weighted by molar-refractivity contribution is 7.12. The summed E-state index contributed by atoms with van der Waals surface area (Å²) < 4.78 is 0. The molecule has 0 radical (unpaired) electrons. The molecule has 0 spiro atoms. The van der Waals surface area contributed by atoms with E-state index in [9.17, 15) is 4.79 Å². The predicted molar refractivity (Wildman–Crippen MR) is 55.2 cm³/mol. The zero-order valence-electron chi connectivity index (χ0n) is 7.91. The Balaban J connectivity index is 2.27. The molecule has 0 atom stereocenters. The van der Waals surface area contributed by atoms with E-state index in [2.05, 4.69) is 5.32 Å². The fraction of sp³-hybridized carbons (Fsp3) is 0.444. The average molecular weight is 198 g/mol. The highest BCUT2D eigenvalue weighted by Crippen LogP contribution is 2.07. The van der Waals surface area contributed by atoms with Crippen LogP contribution in [0.5, 0.6) is 0 Å². The van der Waals surface area contributed by atoms with E-state index in [0.29, 0.717) is 6.54 Å². The van der Waals surface area contributed by atoms with Gasteiger partial charge in [0.25, 0.3) is 5.91 Å². The average Bonchev–Trinajstić information content (AvgIpc) is 2.55. The van der Waals surface area contributed by atoms with Crippen LogP contribution in [0.3, 0.4) is 0 Å². The Bertz CT molecular complexity index is 257. The predicted octanol–water partition coefficient (Wildman–Crippen LogP) is 1.04. The van der Waals surface area contributed by atoms with E-state index in [-0.39, 0.29) is 5.91 Å². The molecular weight excluding hydrogens is 184 g/mol. The maximum atomic E-state index is 11.4. The van der Waals surface area contributed by atoms with Crippen LogP contribution in [0.2, 0.25) is 0 Å². The number of likely N-dealkylation sites (N-methyl/N-ethyl adjacent to an activating group) is 1. The first-order valence-electron chi connectivity index (χ1n) is 4.16. The molecule has 1 aromatic rings. The largest absolute Gasteiger partial charge is 0.350 e. The molecule has 0 saturated heterocycles. The topological polar surface area (TPSA) is 32.3 Å². The molecule has 13 heavy (non-hydrogen) atoms. The van der Waals surface area contributed by atoms with Crippen molar-refractivity contribution in [2.45, 2.75) is 0 Å². The Morgan fingerprint density at radius 2 is 2.38 bits per heavy atom. The Labute approximate surface area is 82.4 Å². The molecule has 0 bridgehead atoms. The van der Waals surface area contributed by atoms with Crippen LogP contribution in [0.1, 0.15) is 9.67 Å². The van der Waals surface area contributed by atoms with Gasteiger partial charge < -0.3 is 10.2 Å². The van der Waals surface area contributed by atoms with Crippen molar-refractivity contribution in [1.82, 2.24) is 10.2 Å². The standard InChI is InChI=1S/C9H14N2OS/c1-11(2)6-5-10-9(12)8-4-3-7-13-8/h3-4,7H,5-6H2,1-2H3,(H,10,12). The molecule has 4 heteroatoms. The van der Waals surface area contributed by atoms with Crippen LogP contribution in [-0.4, -0.2) is 38.0 Å². The second-order valence-corrected chi connectivity index (χ2v) is 3.98. The van der Waals surface area contributed by atoms with E-state index in [0.717, 1.165) is 11.4 Å². The van der Waals surface area contributed by atoms with Crippen LogP contribution in [-0.2, 0) is 0 Å². The molecule has 72 valence electrons. The van der Waals surface area contributed by atoms with Crippen LogP contribution < -0.4 is 5.32 Å². The molecule has 0 aromatic carbocycles. The zero-order chi connectivity index (χ0) is 9.68.